The second kappa shape index (κ2) is 13.3. The van der Waals surface area contributed by atoms with E-state index in [9.17, 15) is 18.0 Å². The highest BCUT2D eigenvalue weighted by Crippen LogP contribution is 2.30. The lowest BCUT2D eigenvalue weighted by Gasteiger charge is -2.32. The van der Waals surface area contributed by atoms with Gasteiger partial charge in [-0.2, -0.15) is 0 Å². The molecule has 0 unspecified atom stereocenters. The minimum atomic E-state index is -4.21. The summed E-state index contributed by atoms with van der Waals surface area (Å²) in [5.41, 5.74) is 0.824. The molecule has 1 saturated carbocycles. The standard InChI is InChI=1S/C29H30Cl3N3O4S/c1-20(29(37)33-25-10-5-6-11-25)34(18-21-8-7-9-22(30)14-21)28(36)19-35(26-16-23(31)15-24(32)17-26)40(38,39)27-12-3-2-4-13-27/h2-4,7-9,12-17,20,25H,5-6,10-11,18-19H2,1H3,(H,33,37)/t20-/m1/s1. The van der Waals surface area contributed by atoms with Gasteiger partial charge in [-0.25, -0.2) is 8.42 Å². The lowest BCUT2D eigenvalue weighted by molar-refractivity contribution is -0.139. The molecule has 1 fully saturated rings. The fraction of sp³-hybridized carbons (Fsp3) is 0.310. The van der Waals surface area contributed by atoms with Gasteiger partial charge in [0, 0.05) is 27.7 Å². The van der Waals surface area contributed by atoms with Crippen LogP contribution in [0, 0.1) is 0 Å². The molecule has 0 spiro atoms. The number of halogens is 3. The van der Waals surface area contributed by atoms with Crippen molar-refractivity contribution in [2.24, 2.45) is 0 Å². The monoisotopic (exact) mass is 621 g/mol. The van der Waals surface area contributed by atoms with Crippen LogP contribution in [-0.4, -0.2) is 43.8 Å². The number of carbonyl (C=O) groups is 2. The number of nitrogens with one attached hydrogen (secondary N) is 1. The van der Waals surface area contributed by atoms with Crippen molar-refractivity contribution in [3.05, 3.63) is 93.4 Å². The van der Waals surface area contributed by atoms with Crippen molar-refractivity contribution in [3.63, 3.8) is 0 Å². The highest BCUT2D eigenvalue weighted by atomic mass is 35.5. The summed E-state index contributed by atoms with van der Waals surface area (Å²) in [7, 11) is -4.21. The summed E-state index contributed by atoms with van der Waals surface area (Å²) in [6.07, 6.45) is 3.86. The smallest absolute Gasteiger partial charge is 0.264 e. The largest absolute Gasteiger partial charge is 0.352 e. The van der Waals surface area contributed by atoms with Gasteiger partial charge in [-0.05, 0) is 67.8 Å². The van der Waals surface area contributed by atoms with Crippen molar-refractivity contribution in [3.8, 4) is 0 Å². The average Bonchev–Trinajstić information content (AvgIpc) is 3.42. The van der Waals surface area contributed by atoms with E-state index in [0.29, 0.717) is 10.6 Å². The van der Waals surface area contributed by atoms with Crippen LogP contribution in [0.1, 0.15) is 38.2 Å². The minimum absolute atomic E-state index is 0.00712. The van der Waals surface area contributed by atoms with Gasteiger partial charge in [-0.3, -0.25) is 13.9 Å². The second-order valence-electron chi connectivity index (χ2n) is 9.77. The van der Waals surface area contributed by atoms with E-state index >= 15 is 0 Å². The van der Waals surface area contributed by atoms with Crippen molar-refractivity contribution in [2.75, 3.05) is 10.8 Å². The number of anilines is 1. The molecule has 0 aliphatic heterocycles. The van der Waals surface area contributed by atoms with Gasteiger partial charge in [0.05, 0.1) is 10.6 Å². The molecule has 1 atom stereocenters. The maximum Gasteiger partial charge on any atom is 0.264 e. The molecule has 0 radical (unpaired) electrons. The lowest BCUT2D eigenvalue weighted by Crippen LogP contribution is -2.52. The molecule has 3 aromatic carbocycles. The molecule has 2 amide bonds. The van der Waals surface area contributed by atoms with Gasteiger partial charge in [0.25, 0.3) is 10.0 Å². The van der Waals surface area contributed by atoms with Gasteiger partial charge in [0.15, 0.2) is 0 Å². The summed E-state index contributed by atoms with van der Waals surface area (Å²) in [4.78, 5) is 28.6. The van der Waals surface area contributed by atoms with E-state index in [4.69, 9.17) is 34.8 Å². The van der Waals surface area contributed by atoms with E-state index in [1.165, 1.54) is 35.2 Å². The molecule has 3 aromatic rings. The van der Waals surface area contributed by atoms with Crippen LogP contribution in [0.5, 0.6) is 0 Å². The fourth-order valence-electron chi connectivity index (χ4n) is 4.74. The molecule has 0 saturated heterocycles. The Labute approximate surface area is 250 Å². The molecule has 11 heteroatoms. The van der Waals surface area contributed by atoms with Crippen LogP contribution < -0.4 is 9.62 Å². The first-order valence-corrected chi connectivity index (χ1v) is 15.5. The zero-order valence-corrected chi connectivity index (χ0v) is 25.0. The van der Waals surface area contributed by atoms with Gasteiger partial charge >= 0.3 is 0 Å². The molecule has 212 valence electrons. The first-order chi connectivity index (χ1) is 19.0. The van der Waals surface area contributed by atoms with Crippen molar-refractivity contribution in [1.82, 2.24) is 10.2 Å². The zero-order chi connectivity index (χ0) is 28.9. The van der Waals surface area contributed by atoms with E-state index in [0.717, 1.165) is 30.0 Å². The number of sulfonamides is 1. The Hall–Kier alpha value is -2.78. The second-order valence-corrected chi connectivity index (χ2v) is 12.9. The summed E-state index contributed by atoms with van der Waals surface area (Å²) < 4.78 is 28.6. The third kappa shape index (κ3) is 7.49. The molecule has 1 aliphatic carbocycles. The van der Waals surface area contributed by atoms with Gasteiger partial charge in [0.1, 0.15) is 12.6 Å². The van der Waals surface area contributed by atoms with Crippen LogP contribution in [0.4, 0.5) is 5.69 Å². The van der Waals surface area contributed by atoms with Gasteiger partial charge in [-0.1, -0.05) is 78.0 Å². The Morgan fingerprint density at radius 1 is 0.900 bits per heavy atom. The van der Waals surface area contributed by atoms with E-state index < -0.39 is 28.5 Å². The SMILES string of the molecule is C[C@H](C(=O)NC1CCCC1)N(Cc1cccc(Cl)c1)C(=O)CN(c1cc(Cl)cc(Cl)c1)S(=O)(=O)c1ccccc1. The highest BCUT2D eigenvalue weighted by Gasteiger charge is 2.33. The number of carbonyl (C=O) groups excluding carboxylic acids is 2. The van der Waals surface area contributed by atoms with Crippen molar-refractivity contribution in [2.45, 2.75) is 56.1 Å². The summed E-state index contributed by atoms with van der Waals surface area (Å²) in [5.74, 6) is -0.879. The summed E-state index contributed by atoms with van der Waals surface area (Å²) in [6, 6.07) is 18.3. The Bertz CT molecular complexity index is 1440. The third-order valence-electron chi connectivity index (χ3n) is 6.86. The van der Waals surface area contributed by atoms with E-state index in [-0.39, 0.29) is 39.1 Å². The number of amides is 2. The maximum absolute atomic E-state index is 14.0. The quantitative estimate of drug-likeness (QED) is 0.287. The molecule has 7 nitrogen and oxygen atoms in total. The lowest BCUT2D eigenvalue weighted by atomic mass is 10.1. The van der Waals surface area contributed by atoms with Crippen LogP contribution in [0.3, 0.4) is 0 Å². The molecule has 0 bridgehead atoms. The number of hydrogen-bond donors (Lipinski definition) is 1. The number of hydrogen-bond acceptors (Lipinski definition) is 4. The van der Waals surface area contributed by atoms with Crippen LogP contribution in [0.25, 0.3) is 0 Å². The first-order valence-electron chi connectivity index (χ1n) is 12.9. The topological polar surface area (TPSA) is 86.8 Å². The Kier molecular flexibility index (Phi) is 10.0. The number of rotatable bonds is 10. The van der Waals surface area contributed by atoms with Crippen LogP contribution in [0.15, 0.2) is 77.7 Å². The van der Waals surface area contributed by atoms with Gasteiger partial charge < -0.3 is 10.2 Å². The summed E-state index contributed by atoms with van der Waals surface area (Å²) in [5, 5.41) is 3.95. The Morgan fingerprint density at radius 3 is 2.17 bits per heavy atom. The first kappa shape index (κ1) is 30.2. The molecule has 1 aliphatic rings. The molecule has 40 heavy (non-hydrogen) atoms. The molecule has 0 aromatic heterocycles. The fourth-order valence-corrected chi connectivity index (χ4v) is 6.88. The van der Waals surface area contributed by atoms with Crippen molar-refractivity contribution < 1.29 is 18.0 Å². The molecule has 4 rings (SSSR count). The van der Waals surface area contributed by atoms with E-state index in [1.54, 1.807) is 49.4 Å². The predicted molar refractivity (Wildman–Crippen MR) is 159 cm³/mol. The zero-order valence-electron chi connectivity index (χ0n) is 21.9. The Morgan fingerprint density at radius 2 is 1.55 bits per heavy atom. The minimum Gasteiger partial charge on any atom is -0.352 e. The van der Waals surface area contributed by atoms with Crippen LogP contribution >= 0.6 is 34.8 Å². The number of nitrogens with zero attached hydrogens (tertiary/aromatic N) is 2. The van der Waals surface area contributed by atoms with Crippen LogP contribution in [-0.2, 0) is 26.2 Å². The Balaban J connectivity index is 1.70. The highest BCUT2D eigenvalue weighted by molar-refractivity contribution is 7.92. The normalized spacial score (nSPS) is 14.5. The van der Waals surface area contributed by atoms with E-state index in [2.05, 4.69) is 5.32 Å². The summed E-state index contributed by atoms with van der Waals surface area (Å²) in [6.45, 7) is 1.10. The predicted octanol–water partition coefficient (Wildman–Crippen LogP) is 6.32. The summed E-state index contributed by atoms with van der Waals surface area (Å²) >= 11 is 18.6. The molecule has 0 heterocycles. The van der Waals surface area contributed by atoms with Crippen LogP contribution in [0.2, 0.25) is 15.1 Å². The molecular formula is C29H30Cl3N3O4S. The van der Waals surface area contributed by atoms with E-state index in [1.807, 2.05) is 0 Å². The number of benzene rings is 3. The van der Waals surface area contributed by atoms with Crippen molar-refractivity contribution >= 4 is 62.3 Å². The molecule has 1 N–H and O–H groups in total. The van der Waals surface area contributed by atoms with Crippen molar-refractivity contribution in [1.29, 1.82) is 0 Å². The average molecular weight is 623 g/mol. The van der Waals surface area contributed by atoms with Gasteiger partial charge in [0.2, 0.25) is 11.8 Å². The van der Waals surface area contributed by atoms with Gasteiger partial charge in [-0.15, -0.1) is 0 Å². The third-order valence-corrected chi connectivity index (χ3v) is 9.32. The molecular weight excluding hydrogens is 593 g/mol. The maximum atomic E-state index is 14.0.